The van der Waals surface area contributed by atoms with Crippen LogP contribution in [0, 0.1) is 5.41 Å². The standard InChI is InChI=1S/C10H13N3O/c1-10(2,3)9(14)7-6-8-11-4-5-13(8)12-7/h4-6,12H,1-3H3. The van der Waals surface area contributed by atoms with Crippen LogP contribution in [0.4, 0.5) is 0 Å². The average Bonchev–Trinajstić information content (AvgIpc) is 2.58. The molecule has 0 radical (unpaired) electrons. The summed E-state index contributed by atoms with van der Waals surface area (Å²) in [6.07, 6.45) is 3.48. The molecular weight excluding hydrogens is 178 g/mol. The summed E-state index contributed by atoms with van der Waals surface area (Å²) in [5, 5.41) is 2.99. The van der Waals surface area contributed by atoms with Gasteiger partial charge in [0.2, 0.25) is 0 Å². The van der Waals surface area contributed by atoms with Gasteiger partial charge in [-0.3, -0.25) is 9.89 Å². The Hall–Kier alpha value is -1.58. The van der Waals surface area contributed by atoms with E-state index >= 15 is 0 Å². The molecule has 2 aromatic heterocycles. The molecule has 4 nitrogen and oxygen atoms in total. The van der Waals surface area contributed by atoms with E-state index in [9.17, 15) is 4.79 Å². The number of imidazole rings is 1. The molecule has 1 N–H and O–H groups in total. The number of nitrogens with one attached hydrogen (secondary N) is 1. The molecule has 2 rings (SSSR count). The Bertz CT molecular complexity index is 444. The normalized spacial score (nSPS) is 12.2. The van der Waals surface area contributed by atoms with E-state index in [4.69, 9.17) is 0 Å². The van der Waals surface area contributed by atoms with E-state index in [1.54, 1.807) is 23.0 Å². The van der Waals surface area contributed by atoms with Gasteiger partial charge in [-0.1, -0.05) is 20.8 Å². The maximum atomic E-state index is 11.9. The third-order valence-electron chi connectivity index (χ3n) is 2.11. The van der Waals surface area contributed by atoms with Crippen LogP contribution in [0.5, 0.6) is 0 Å². The third-order valence-corrected chi connectivity index (χ3v) is 2.11. The molecule has 0 fully saturated rings. The molecule has 0 aliphatic rings. The highest BCUT2D eigenvalue weighted by Gasteiger charge is 2.24. The van der Waals surface area contributed by atoms with Crippen molar-refractivity contribution in [2.24, 2.45) is 5.41 Å². The second-order valence-electron chi connectivity index (χ2n) is 4.40. The Labute approximate surface area is 81.9 Å². The maximum absolute atomic E-state index is 11.9. The number of ketones is 1. The summed E-state index contributed by atoms with van der Waals surface area (Å²) >= 11 is 0. The van der Waals surface area contributed by atoms with Crippen molar-refractivity contribution in [3.8, 4) is 0 Å². The van der Waals surface area contributed by atoms with Crippen molar-refractivity contribution in [2.75, 3.05) is 0 Å². The van der Waals surface area contributed by atoms with Crippen LogP contribution in [0.1, 0.15) is 31.3 Å². The van der Waals surface area contributed by atoms with Crippen molar-refractivity contribution < 1.29 is 4.79 Å². The highest BCUT2D eigenvalue weighted by atomic mass is 16.1. The van der Waals surface area contributed by atoms with Gasteiger partial charge in [-0.25, -0.2) is 9.50 Å². The molecule has 0 aromatic carbocycles. The molecule has 0 amide bonds. The predicted molar refractivity (Wildman–Crippen MR) is 53.3 cm³/mol. The molecule has 0 atom stereocenters. The zero-order valence-electron chi connectivity index (χ0n) is 8.53. The zero-order chi connectivity index (χ0) is 10.3. The van der Waals surface area contributed by atoms with Gasteiger partial charge in [-0.2, -0.15) is 0 Å². The average molecular weight is 191 g/mol. The smallest absolute Gasteiger partial charge is 0.185 e. The summed E-state index contributed by atoms with van der Waals surface area (Å²) in [7, 11) is 0. The summed E-state index contributed by atoms with van der Waals surface area (Å²) in [5.41, 5.74) is 1.03. The first-order valence-electron chi connectivity index (χ1n) is 4.55. The maximum Gasteiger partial charge on any atom is 0.185 e. The van der Waals surface area contributed by atoms with E-state index in [1.165, 1.54) is 0 Å². The largest absolute Gasteiger partial charge is 0.292 e. The van der Waals surface area contributed by atoms with Crippen molar-refractivity contribution >= 4 is 11.4 Å². The van der Waals surface area contributed by atoms with Crippen molar-refractivity contribution in [1.82, 2.24) is 14.6 Å². The molecular formula is C10H13N3O. The number of hydrogen-bond acceptors (Lipinski definition) is 2. The van der Waals surface area contributed by atoms with Crippen LogP contribution in [0.15, 0.2) is 18.5 Å². The fraction of sp³-hybridized carbons (Fsp3) is 0.400. The minimum atomic E-state index is -0.358. The number of Topliss-reactive ketones (excluding diaryl/α,β-unsaturated/α-hetero) is 1. The van der Waals surface area contributed by atoms with Crippen molar-refractivity contribution in [2.45, 2.75) is 20.8 Å². The molecule has 0 aliphatic carbocycles. The minimum absolute atomic E-state index is 0.100. The van der Waals surface area contributed by atoms with Gasteiger partial charge >= 0.3 is 0 Å². The van der Waals surface area contributed by atoms with Crippen LogP contribution in [0.3, 0.4) is 0 Å². The number of carbonyl (C=O) groups excluding carboxylic acids is 1. The Morgan fingerprint density at radius 3 is 2.79 bits per heavy atom. The molecule has 0 bridgehead atoms. The fourth-order valence-electron chi connectivity index (χ4n) is 1.33. The number of H-pyrrole nitrogens is 1. The Morgan fingerprint density at radius 2 is 2.21 bits per heavy atom. The minimum Gasteiger partial charge on any atom is -0.292 e. The van der Waals surface area contributed by atoms with E-state index in [0.717, 1.165) is 5.65 Å². The molecule has 0 saturated carbocycles. The SMILES string of the molecule is CC(C)(C)C(=O)c1cc2nccn2[nH]1. The number of aromatic amines is 1. The molecule has 2 heterocycles. The van der Waals surface area contributed by atoms with Gasteiger partial charge in [0.05, 0.1) is 0 Å². The fourth-order valence-corrected chi connectivity index (χ4v) is 1.33. The highest BCUT2D eigenvalue weighted by molar-refractivity contribution is 5.98. The number of rotatable bonds is 1. The first kappa shape index (κ1) is 8.99. The van der Waals surface area contributed by atoms with Gasteiger partial charge in [-0.05, 0) is 0 Å². The third kappa shape index (κ3) is 1.32. The molecule has 4 heteroatoms. The van der Waals surface area contributed by atoms with Crippen LogP contribution in [0.2, 0.25) is 0 Å². The number of nitrogens with zero attached hydrogens (tertiary/aromatic N) is 2. The summed E-state index contributed by atoms with van der Waals surface area (Å²) in [4.78, 5) is 15.9. The van der Waals surface area contributed by atoms with Crippen molar-refractivity contribution in [3.05, 3.63) is 24.2 Å². The monoisotopic (exact) mass is 191 g/mol. The van der Waals surface area contributed by atoms with Crippen LogP contribution in [-0.4, -0.2) is 20.4 Å². The molecule has 0 spiro atoms. The lowest BCUT2D eigenvalue weighted by Gasteiger charge is -2.14. The first-order chi connectivity index (χ1) is 6.48. The van der Waals surface area contributed by atoms with Crippen LogP contribution in [0.25, 0.3) is 5.65 Å². The van der Waals surface area contributed by atoms with Gasteiger partial charge in [0, 0.05) is 23.9 Å². The quantitative estimate of drug-likeness (QED) is 0.700. The Kier molecular flexibility index (Phi) is 1.74. The Balaban J connectivity index is 2.45. The molecule has 0 aliphatic heterocycles. The second-order valence-corrected chi connectivity index (χ2v) is 4.40. The second kappa shape index (κ2) is 2.70. The van der Waals surface area contributed by atoms with Gasteiger partial charge in [0.1, 0.15) is 5.69 Å². The number of fused-ring (bicyclic) bond motifs is 1. The van der Waals surface area contributed by atoms with Gasteiger partial charge in [0.25, 0.3) is 0 Å². The van der Waals surface area contributed by atoms with Gasteiger partial charge in [-0.15, -0.1) is 0 Å². The zero-order valence-corrected chi connectivity index (χ0v) is 8.53. The predicted octanol–water partition coefficient (Wildman–Crippen LogP) is 1.89. The summed E-state index contributed by atoms with van der Waals surface area (Å²) in [6.45, 7) is 5.71. The van der Waals surface area contributed by atoms with Crippen molar-refractivity contribution in [1.29, 1.82) is 0 Å². The van der Waals surface area contributed by atoms with E-state index in [-0.39, 0.29) is 11.2 Å². The Morgan fingerprint density at radius 1 is 1.50 bits per heavy atom. The highest BCUT2D eigenvalue weighted by Crippen LogP contribution is 2.20. The summed E-state index contributed by atoms with van der Waals surface area (Å²) in [5.74, 6) is 0.100. The lowest BCUT2D eigenvalue weighted by atomic mass is 9.89. The van der Waals surface area contributed by atoms with Crippen LogP contribution >= 0.6 is 0 Å². The number of hydrogen-bond donors (Lipinski definition) is 1. The molecule has 0 unspecified atom stereocenters. The summed E-state index contributed by atoms with van der Waals surface area (Å²) < 4.78 is 1.74. The lowest BCUT2D eigenvalue weighted by molar-refractivity contribution is 0.0852. The lowest BCUT2D eigenvalue weighted by Crippen LogP contribution is -2.20. The topological polar surface area (TPSA) is 50.2 Å². The van der Waals surface area contributed by atoms with Crippen LogP contribution in [-0.2, 0) is 0 Å². The number of aromatic nitrogens is 3. The van der Waals surface area contributed by atoms with Gasteiger partial charge in [0.15, 0.2) is 11.4 Å². The summed E-state index contributed by atoms with van der Waals surface area (Å²) in [6, 6.07) is 1.77. The molecule has 74 valence electrons. The van der Waals surface area contributed by atoms with Gasteiger partial charge < -0.3 is 0 Å². The van der Waals surface area contributed by atoms with E-state index < -0.39 is 0 Å². The molecule has 0 saturated heterocycles. The van der Waals surface area contributed by atoms with E-state index in [2.05, 4.69) is 10.1 Å². The van der Waals surface area contributed by atoms with E-state index in [1.807, 2.05) is 20.8 Å². The van der Waals surface area contributed by atoms with E-state index in [0.29, 0.717) is 5.69 Å². The van der Waals surface area contributed by atoms with Crippen molar-refractivity contribution in [3.63, 3.8) is 0 Å². The molecule has 14 heavy (non-hydrogen) atoms. The van der Waals surface area contributed by atoms with Crippen LogP contribution < -0.4 is 0 Å². The first-order valence-corrected chi connectivity index (χ1v) is 4.55. The number of carbonyl (C=O) groups is 1. The molecule has 2 aromatic rings.